The molecule has 1 heterocycles. The van der Waals surface area contributed by atoms with Crippen LogP contribution in [0.5, 0.6) is 11.5 Å². The highest BCUT2D eigenvalue weighted by Crippen LogP contribution is 2.30. The molecule has 3 amide bonds. The third-order valence-corrected chi connectivity index (χ3v) is 3.85. The number of benzene rings is 2. The molecule has 3 N–H and O–H groups in total. The summed E-state index contributed by atoms with van der Waals surface area (Å²) in [6.07, 6.45) is 0. The summed E-state index contributed by atoms with van der Waals surface area (Å²) in [5, 5.41) is 8.44. The molecule has 0 radical (unpaired) electrons. The summed E-state index contributed by atoms with van der Waals surface area (Å²) in [5.74, 6) is 1.03. The Hall–Kier alpha value is -2.93. The molecule has 1 aliphatic heterocycles. The summed E-state index contributed by atoms with van der Waals surface area (Å²) in [6.45, 7) is 1.20. The van der Waals surface area contributed by atoms with Gasteiger partial charge in [0.25, 0.3) is 0 Å². The van der Waals surface area contributed by atoms with Crippen LogP contribution in [0.4, 0.5) is 10.5 Å². The average molecular weight is 376 g/mol. The second-order valence-corrected chi connectivity index (χ2v) is 6.01. The van der Waals surface area contributed by atoms with E-state index in [2.05, 4.69) is 16.0 Å². The zero-order valence-corrected chi connectivity index (χ0v) is 14.6. The van der Waals surface area contributed by atoms with Gasteiger partial charge >= 0.3 is 6.03 Å². The monoisotopic (exact) mass is 375 g/mol. The van der Waals surface area contributed by atoms with E-state index in [1.54, 1.807) is 24.3 Å². The normalized spacial score (nSPS) is 12.2. The predicted octanol–water partition coefficient (Wildman–Crippen LogP) is 2.55. The molecule has 7 nitrogen and oxygen atoms in total. The Bertz CT molecular complexity index is 796. The zero-order valence-electron chi connectivity index (χ0n) is 13.9. The Labute approximate surface area is 155 Å². The van der Waals surface area contributed by atoms with Crippen LogP contribution in [0, 0.1) is 0 Å². The fourth-order valence-corrected chi connectivity index (χ4v) is 2.47. The molecule has 0 saturated carbocycles. The number of urea groups is 1. The highest BCUT2D eigenvalue weighted by atomic mass is 35.5. The standard InChI is InChI=1S/C18H18ClN3O4/c19-13-2-4-14(5-3-13)22-17(23)11-21-18(24)20-10-12-1-6-15-16(9-12)26-8-7-25-15/h1-6,9H,7-8,10-11H2,(H,22,23)(H2,20,21,24). The predicted molar refractivity (Wildman–Crippen MR) is 97.8 cm³/mol. The van der Waals surface area contributed by atoms with Gasteiger partial charge in [-0.05, 0) is 42.0 Å². The van der Waals surface area contributed by atoms with Gasteiger partial charge < -0.3 is 25.4 Å². The number of fused-ring (bicyclic) bond motifs is 1. The van der Waals surface area contributed by atoms with Gasteiger partial charge in [-0.2, -0.15) is 0 Å². The van der Waals surface area contributed by atoms with Gasteiger partial charge in [0, 0.05) is 17.3 Å². The van der Waals surface area contributed by atoms with Crippen LogP contribution in [0.3, 0.4) is 0 Å². The van der Waals surface area contributed by atoms with E-state index in [4.69, 9.17) is 21.1 Å². The molecule has 26 heavy (non-hydrogen) atoms. The molecule has 3 rings (SSSR count). The van der Waals surface area contributed by atoms with Crippen LogP contribution in [0.1, 0.15) is 5.56 Å². The lowest BCUT2D eigenvalue weighted by atomic mass is 10.2. The highest BCUT2D eigenvalue weighted by molar-refractivity contribution is 6.30. The number of ether oxygens (including phenoxy) is 2. The molecule has 8 heteroatoms. The van der Waals surface area contributed by atoms with Crippen molar-refractivity contribution in [2.45, 2.75) is 6.54 Å². The maximum atomic E-state index is 11.8. The van der Waals surface area contributed by atoms with Crippen LogP contribution in [0.2, 0.25) is 5.02 Å². The van der Waals surface area contributed by atoms with Crippen molar-refractivity contribution in [2.75, 3.05) is 25.1 Å². The first-order chi connectivity index (χ1) is 12.6. The minimum atomic E-state index is -0.439. The van der Waals surface area contributed by atoms with Crippen molar-refractivity contribution >= 4 is 29.2 Å². The van der Waals surface area contributed by atoms with E-state index in [0.717, 1.165) is 5.56 Å². The third-order valence-electron chi connectivity index (χ3n) is 3.60. The largest absolute Gasteiger partial charge is 0.486 e. The second-order valence-electron chi connectivity index (χ2n) is 5.57. The molecule has 0 bridgehead atoms. The topological polar surface area (TPSA) is 88.7 Å². The zero-order chi connectivity index (χ0) is 18.4. The molecule has 0 unspecified atom stereocenters. The van der Waals surface area contributed by atoms with E-state index >= 15 is 0 Å². The minimum absolute atomic E-state index is 0.143. The van der Waals surface area contributed by atoms with Crippen molar-refractivity contribution in [3.63, 3.8) is 0 Å². The van der Waals surface area contributed by atoms with Crippen molar-refractivity contribution in [1.82, 2.24) is 10.6 Å². The summed E-state index contributed by atoms with van der Waals surface area (Å²) < 4.78 is 10.9. The first-order valence-electron chi connectivity index (χ1n) is 8.06. The molecule has 0 spiro atoms. The quantitative estimate of drug-likeness (QED) is 0.749. The van der Waals surface area contributed by atoms with Crippen LogP contribution in [-0.2, 0) is 11.3 Å². The van der Waals surface area contributed by atoms with E-state index in [9.17, 15) is 9.59 Å². The maximum absolute atomic E-state index is 11.8. The summed E-state index contributed by atoms with van der Waals surface area (Å²) in [4.78, 5) is 23.7. The minimum Gasteiger partial charge on any atom is -0.486 e. The van der Waals surface area contributed by atoms with Crippen LogP contribution in [0.15, 0.2) is 42.5 Å². The van der Waals surface area contributed by atoms with Crippen LogP contribution in [-0.4, -0.2) is 31.7 Å². The van der Waals surface area contributed by atoms with E-state index in [1.807, 2.05) is 18.2 Å². The molecule has 0 aliphatic carbocycles. The Kier molecular flexibility index (Phi) is 5.80. The third kappa shape index (κ3) is 5.03. The highest BCUT2D eigenvalue weighted by Gasteiger charge is 2.12. The van der Waals surface area contributed by atoms with Gasteiger partial charge in [0.2, 0.25) is 5.91 Å². The average Bonchev–Trinajstić information content (AvgIpc) is 2.66. The van der Waals surface area contributed by atoms with E-state index in [-0.39, 0.29) is 12.5 Å². The Morgan fingerprint density at radius 3 is 2.46 bits per heavy atom. The van der Waals surface area contributed by atoms with Gasteiger partial charge in [-0.1, -0.05) is 17.7 Å². The summed E-state index contributed by atoms with van der Waals surface area (Å²) >= 11 is 5.78. The number of carbonyl (C=O) groups is 2. The van der Waals surface area contributed by atoms with Crippen LogP contribution >= 0.6 is 11.6 Å². The van der Waals surface area contributed by atoms with Gasteiger partial charge in [0.15, 0.2) is 11.5 Å². The van der Waals surface area contributed by atoms with Crippen molar-refractivity contribution in [2.24, 2.45) is 0 Å². The van der Waals surface area contributed by atoms with E-state index < -0.39 is 6.03 Å². The number of halogens is 1. The van der Waals surface area contributed by atoms with Crippen molar-refractivity contribution in [3.8, 4) is 11.5 Å². The lowest BCUT2D eigenvalue weighted by Gasteiger charge is -2.19. The molecule has 2 aromatic rings. The van der Waals surface area contributed by atoms with Gasteiger partial charge in [0.05, 0.1) is 6.54 Å². The molecule has 0 fully saturated rings. The molecule has 1 aliphatic rings. The first kappa shape index (κ1) is 17.9. The number of amides is 3. The number of rotatable bonds is 5. The maximum Gasteiger partial charge on any atom is 0.315 e. The van der Waals surface area contributed by atoms with E-state index in [0.29, 0.717) is 42.0 Å². The smallest absolute Gasteiger partial charge is 0.315 e. The summed E-state index contributed by atoms with van der Waals surface area (Å²) in [6, 6.07) is 11.7. The fraction of sp³-hybridized carbons (Fsp3) is 0.222. The second kappa shape index (κ2) is 8.44. The van der Waals surface area contributed by atoms with Gasteiger partial charge in [0.1, 0.15) is 13.2 Å². The molecule has 0 aromatic heterocycles. The number of anilines is 1. The van der Waals surface area contributed by atoms with Gasteiger partial charge in [-0.25, -0.2) is 4.79 Å². The SMILES string of the molecule is O=C(CNC(=O)NCc1ccc2c(c1)OCCO2)Nc1ccc(Cl)cc1. The number of hydrogen-bond acceptors (Lipinski definition) is 4. The van der Waals surface area contributed by atoms with Crippen molar-refractivity contribution in [3.05, 3.63) is 53.1 Å². The fourth-order valence-electron chi connectivity index (χ4n) is 2.34. The number of hydrogen-bond donors (Lipinski definition) is 3. The van der Waals surface area contributed by atoms with Gasteiger partial charge in [-0.3, -0.25) is 4.79 Å². The van der Waals surface area contributed by atoms with Crippen LogP contribution in [0.25, 0.3) is 0 Å². The van der Waals surface area contributed by atoms with Crippen molar-refractivity contribution in [1.29, 1.82) is 0 Å². The Balaban J connectivity index is 1.41. The van der Waals surface area contributed by atoms with E-state index in [1.165, 1.54) is 0 Å². The molecule has 0 atom stereocenters. The molecule has 2 aromatic carbocycles. The van der Waals surface area contributed by atoms with Crippen LogP contribution < -0.4 is 25.4 Å². The summed E-state index contributed by atoms with van der Waals surface area (Å²) in [7, 11) is 0. The van der Waals surface area contributed by atoms with Gasteiger partial charge in [-0.15, -0.1) is 0 Å². The summed E-state index contributed by atoms with van der Waals surface area (Å²) in [5.41, 5.74) is 1.48. The molecular weight excluding hydrogens is 358 g/mol. The Morgan fingerprint density at radius 2 is 1.69 bits per heavy atom. The molecular formula is C18H18ClN3O4. The first-order valence-corrected chi connectivity index (χ1v) is 8.43. The lowest BCUT2D eigenvalue weighted by molar-refractivity contribution is -0.115. The lowest BCUT2D eigenvalue weighted by Crippen LogP contribution is -2.39. The number of nitrogens with one attached hydrogen (secondary N) is 3. The number of carbonyl (C=O) groups excluding carboxylic acids is 2. The Morgan fingerprint density at radius 1 is 0.962 bits per heavy atom. The molecule has 136 valence electrons. The molecule has 0 saturated heterocycles. The van der Waals surface area contributed by atoms with Crippen molar-refractivity contribution < 1.29 is 19.1 Å².